The smallest absolute Gasteiger partial charge is 0.411 e. The Bertz CT molecular complexity index is 2090. The van der Waals surface area contributed by atoms with E-state index in [4.69, 9.17) is 35.3 Å². The summed E-state index contributed by atoms with van der Waals surface area (Å²) in [5.74, 6) is -2.63. The van der Waals surface area contributed by atoms with Crippen molar-refractivity contribution in [3.8, 4) is 16.9 Å². The van der Waals surface area contributed by atoms with Crippen LogP contribution in [0.5, 0.6) is 5.75 Å². The average molecular weight is 842 g/mol. The van der Waals surface area contributed by atoms with Crippen molar-refractivity contribution in [3.05, 3.63) is 83.4 Å². The highest BCUT2D eigenvalue weighted by atomic mass is 35.5. The molecule has 1 saturated heterocycles. The van der Waals surface area contributed by atoms with Gasteiger partial charge in [0, 0.05) is 38.6 Å². The number of esters is 1. The molecule has 0 spiro atoms. The molecule has 3 aromatic rings. The van der Waals surface area contributed by atoms with Crippen molar-refractivity contribution in [1.29, 1.82) is 0 Å². The second-order valence-electron chi connectivity index (χ2n) is 14.6. The van der Waals surface area contributed by atoms with Crippen molar-refractivity contribution in [2.75, 3.05) is 50.1 Å². The maximum absolute atomic E-state index is 13.5. The van der Waals surface area contributed by atoms with Crippen LogP contribution >= 0.6 is 11.6 Å². The number of rotatable bonds is 15. The van der Waals surface area contributed by atoms with Gasteiger partial charge in [0.2, 0.25) is 12.2 Å². The van der Waals surface area contributed by atoms with E-state index in [0.717, 1.165) is 38.3 Å². The van der Waals surface area contributed by atoms with Gasteiger partial charge in [-0.05, 0) is 52.8 Å². The van der Waals surface area contributed by atoms with E-state index in [2.05, 4.69) is 5.32 Å². The predicted octanol–water partition coefficient (Wildman–Crippen LogP) is 5.58. The lowest BCUT2D eigenvalue weighted by Crippen LogP contribution is -2.55. The third kappa shape index (κ3) is 10.8. The number of carbonyl (C=O) groups excluding carboxylic acids is 5. The van der Waals surface area contributed by atoms with E-state index in [1.165, 1.54) is 33.0 Å². The molecule has 312 valence electrons. The molecule has 2 unspecified atom stereocenters. The molecule has 0 aromatic heterocycles. The lowest BCUT2D eigenvalue weighted by Gasteiger charge is -2.42. The Morgan fingerprint density at radius 2 is 1.52 bits per heavy atom. The Hall–Kier alpha value is -5.19. The van der Waals surface area contributed by atoms with Crippen LogP contribution in [0.25, 0.3) is 11.1 Å². The zero-order chi connectivity index (χ0) is 42.3. The molecule has 5 rings (SSSR count). The second-order valence-corrected chi connectivity index (χ2v) is 17.1. The van der Waals surface area contributed by atoms with Gasteiger partial charge in [0.15, 0.2) is 11.9 Å². The van der Waals surface area contributed by atoms with Gasteiger partial charge in [0.25, 0.3) is 0 Å². The minimum atomic E-state index is -3.38. The SMILES string of the molecule is CC(=O)OC1[C@H](Oc2ccc(COC(=O)N(CCl)CCS(C)(=O)=O)cc2NC(=O)CN(C)C(=O)OCC2c3ccccc3-c3ccccc32)OC(C(C)=O)[C@@H](C)[C@@H]1C. The molecule has 3 amide bonds. The van der Waals surface area contributed by atoms with Gasteiger partial charge in [0.1, 0.15) is 41.4 Å². The standard InChI is InChI=1S/C41H48ClN3O12S/c1-24-25(2)38(55-27(4)47)39(57-37(24)26(3)46)56-35-16-15-28(21-53-41(50)45(23-42)17-18-58(6,51)52)19-34(35)43-36(48)20-44(5)40(49)54-22-33-31-13-9-7-11-29(31)30-12-8-10-14-32(30)33/h7-16,19,24-25,33,37-39H,17-18,20-23H2,1-6H3,(H,43,48)/t24-,25-,37?,38?,39+/m0/s1. The normalized spacial score (nSPS) is 19.9. The lowest BCUT2D eigenvalue weighted by atomic mass is 9.82. The fourth-order valence-electron chi connectivity index (χ4n) is 6.96. The predicted molar refractivity (Wildman–Crippen MR) is 214 cm³/mol. The molecule has 58 heavy (non-hydrogen) atoms. The molecule has 1 heterocycles. The maximum atomic E-state index is 13.5. The minimum Gasteiger partial charge on any atom is -0.459 e. The highest BCUT2D eigenvalue weighted by Gasteiger charge is 2.46. The number of amides is 3. The second kappa shape index (κ2) is 19.0. The Labute approximate surface area is 342 Å². The largest absolute Gasteiger partial charge is 0.459 e. The molecule has 5 atom stereocenters. The van der Waals surface area contributed by atoms with Gasteiger partial charge in [-0.1, -0.05) is 68.4 Å². The van der Waals surface area contributed by atoms with Crippen molar-refractivity contribution in [1.82, 2.24) is 9.80 Å². The zero-order valence-corrected chi connectivity index (χ0v) is 34.7. The number of hydrogen-bond acceptors (Lipinski definition) is 12. The number of halogens is 1. The molecule has 0 saturated carbocycles. The van der Waals surface area contributed by atoms with Crippen LogP contribution in [0.1, 0.15) is 50.3 Å². The van der Waals surface area contributed by atoms with Crippen molar-refractivity contribution in [3.63, 3.8) is 0 Å². The Kier molecular flexibility index (Phi) is 14.4. The third-order valence-electron chi connectivity index (χ3n) is 10.2. The molecule has 0 radical (unpaired) electrons. The first-order valence-electron chi connectivity index (χ1n) is 18.6. The average Bonchev–Trinajstić information content (AvgIpc) is 3.49. The number of likely N-dealkylation sites (N-methyl/N-ethyl adjacent to an activating group) is 1. The number of nitrogens with zero attached hydrogens (tertiary/aromatic N) is 2. The number of fused-ring (bicyclic) bond motifs is 3. The van der Waals surface area contributed by atoms with E-state index in [0.29, 0.717) is 5.56 Å². The van der Waals surface area contributed by atoms with Crippen molar-refractivity contribution >= 4 is 57.0 Å². The van der Waals surface area contributed by atoms with Gasteiger partial charge in [-0.3, -0.25) is 19.3 Å². The number of carbonyl (C=O) groups is 5. The number of Topliss-reactive ketones (excluding diaryl/α,β-unsaturated/α-hetero) is 1. The summed E-state index contributed by atoms with van der Waals surface area (Å²) in [4.78, 5) is 66.3. The first kappa shape index (κ1) is 43.9. The molecule has 1 aliphatic heterocycles. The van der Waals surface area contributed by atoms with E-state index in [-0.39, 0.29) is 66.5 Å². The molecule has 1 N–H and O–H groups in total. The highest BCUT2D eigenvalue weighted by molar-refractivity contribution is 7.90. The van der Waals surface area contributed by atoms with Gasteiger partial charge < -0.3 is 33.9 Å². The van der Waals surface area contributed by atoms with Gasteiger partial charge in [-0.25, -0.2) is 18.0 Å². The highest BCUT2D eigenvalue weighted by Crippen LogP contribution is 2.44. The zero-order valence-electron chi connectivity index (χ0n) is 33.1. The number of ketones is 1. The Morgan fingerprint density at radius 3 is 2.10 bits per heavy atom. The van der Waals surface area contributed by atoms with E-state index in [1.54, 1.807) is 6.07 Å². The summed E-state index contributed by atoms with van der Waals surface area (Å²) >= 11 is 5.88. The third-order valence-corrected chi connectivity index (χ3v) is 11.4. The molecule has 2 aliphatic rings. The van der Waals surface area contributed by atoms with E-state index in [1.807, 2.05) is 62.4 Å². The van der Waals surface area contributed by atoms with E-state index in [9.17, 15) is 32.4 Å². The Morgan fingerprint density at radius 1 is 0.879 bits per heavy atom. The molecule has 1 aliphatic carbocycles. The number of ether oxygens (including phenoxy) is 5. The number of anilines is 1. The molecular formula is C41H48ClN3O12S. The molecule has 1 fully saturated rings. The van der Waals surface area contributed by atoms with Crippen LogP contribution < -0.4 is 10.1 Å². The first-order valence-corrected chi connectivity index (χ1v) is 21.2. The number of benzene rings is 3. The summed E-state index contributed by atoms with van der Waals surface area (Å²) in [6.07, 6.45) is -3.63. The van der Waals surface area contributed by atoms with Crippen molar-refractivity contribution in [2.24, 2.45) is 11.8 Å². The van der Waals surface area contributed by atoms with Crippen LogP contribution in [0.15, 0.2) is 66.7 Å². The van der Waals surface area contributed by atoms with Gasteiger partial charge >= 0.3 is 18.2 Å². The molecule has 15 nitrogen and oxygen atoms in total. The van der Waals surface area contributed by atoms with Crippen LogP contribution in [0.4, 0.5) is 15.3 Å². The topological polar surface area (TPSA) is 184 Å². The molecule has 3 aromatic carbocycles. The molecule has 17 heteroatoms. The maximum Gasteiger partial charge on any atom is 0.411 e. The van der Waals surface area contributed by atoms with Crippen LogP contribution in [0, 0.1) is 11.8 Å². The summed E-state index contributed by atoms with van der Waals surface area (Å²) in [7, 11) is -1.97. The number of hydrogen-bond donors (Lipinski definition) is 1. The fraction of sp³-hybridized carbons (Fsp3) is 0.439. The van der Waals surface area contributed by atoms with E-state index >= 15 is 0 Å². The van der Waals surface area contributed by atoms with Crippen LogP contribution in [0.3, 0.4) is 0 Å². The molecular weight excluding hydrogens is 794 g/mol. The summed E-state index contributed by atoms with van der Waals surface area (Å²) in [5.41, 5.74) is 4.67. The summed E-state index contributed by atoms with van der Waals surface area (Å²) in [5, 5.41) is 2.74. The van der Waals surface area contributed by atoms with Crippen molar-refractivity contribution < 1.29 is 56.1 Å². The summed E-state index contributed by atoms with van der Waals surface area (Å²) in [6.45, 7) is 5.37. The fourth-order valence-corrected chi connectivity index (χ4v) is 7.73. The lowest BCUT2D eigenvalue weighted by molar-refractivity contribution is -0.241. The summed E-state index contributed by atoms with van der Waals surface area (Å²) in [6, 6.07) is 20.0. The van der Waals surface area contributed by atoms with Crippen LogP contribution in [-0.2, 0) is 49.8 Å². The number of nitrogens with one attached hydrogen (secondary N) is 1. The van der Waals surface area contributed by atoms with Crippen LogP contribution in [0.2, 0.25) is 0 Å². The monoisotopic (exact) mass is 841 g/mol. The van der Waals surface area contributed by atoms with Crippen molar-refractivity contribution in [2.45, 2.75) is 58.7 Å². The van der Waals surface area contributed by atoms with Gasteiger partial charge in [-0.15, -0.1) is 11.6 Å². The first-order chi connectivity index (χ1) is 27.5. The molecule has 0 bridgehead atoms. The Balaban J connectivity index is 1.32. The van der Waals surface area contributed by atoms with E-state index < -0.39 is 58.9 Å². The van der Waals surface area contributed by atoms with Gasteiger partial charge in [-0.2, -0.15) is 0 Å². The van der Waals surface area contributed by atoms with Crippen LogP contribution in [-0.4, -0.2) is 111 Å². The summed E-state index contributed by atoms with van der Waals surface area (Å²) < 4.78 is 52.3. The minimum absolute atomic E-state index is 0.0500. The number of sulfone groups is 1. The quantitative estimate of drug-likeness (QED) is 0.0869. The number of alkyl halides is 1. The van der Waals surface area contributed by atoms with Gasteiger partial charge in [0.05, 0.1) is 17.4 Å².